The van der Waals surface area contributed by atoms with E-state index in [9.17, 15) is 27.5 Å². The maximum atomic E-state index is 13.5. The standard InChI is InChI=1S/C42H40F4N4O6/c1-4-26-13-15-49(26)20-24-16-31-36(18-34(24)55-41(43)44)53-38(47-31)29-10-5-8-27(22(29)2)28-9-6-11-30(23(28)3)39-48-32-17-25(21-50-14-7-12-33(50)40(51)52)35(56-42(45)46)19-37(32)54-39/h5-6,8-11,16-19,26,33,41-42H,4,7,12-15,20-21H2,1-3H3,(H,51,52)/t26-,33+/m1/s1. The first-order valence-electron chi connectivity index (χ1n) is 18.6. The summed E-state index contributed by atoms with van der Waals surface area (Å²) in [5.41, 5.74) is 7.43. The number of ether oxygens (including phenoxy) is 2. The number of nitrogens with zero attached hydrogens (tertiary/aromatic N) is 4. The monoisotopic (exact) mass is 772 g/mol. The van der Waals surface area contributed by atoms with Gasteiger partial charge in [0.2, 0.25) is 11.8 Å². The Morgan fingerprint density at radius 2 is 1.27 bits per heavy atom. The predicted octanol–water partition coefficient (Wildman–Crippen LogP) is 9.82. The van der Waals surface area contributed by atoms with Gasteiger partial charge in [-0.25, -0.2) is 9.97 Å². The molecule has 0 amide bonds. The van der Waals surface area contributed by atoms with Crippen molar-refractivity contribution in [1.29, 1.82) is 0 Å². The van der Waals surface area contributed by atoms with Crippen molar-refractivity contribution in [3.05, 3.63) is 82.9 Å². The van der Waals surface area contributed by atoms with Gasteiger partial charge in [-0.1, -0.05) is 31.2 Å². The van der Waals surface area contributed by atoms with Crippen molar-refractivity contribution in [3.63, 3.8) is 0 Å². The van der Waals surface area contributed by atoms with Crippen LogP contribution in [0.25, 0.3) is 56.2 Å². The van der Waals surface area contributed by atoms with Crippen LogP contribution >= 0.6 is 0 Å². The van der Waals surface area contributed by atoms with Gasteiger partial charge < -0.3 is 23.4 Å². The van der Waals surface area contributed by atoms with Crippen LogP contribution in [0.3, 0.4) is 0 Å². The van der Waals surface area contributed by atoms with Gasteiger partial charge in [0.25, 0.3) is 0 Å². The average molecular weight is 773 g/mol. The average Bonchev–Trinajstić information content (AvgIpc) is 3.89. The summed E-state index contributed by atoms with van der Waals surface area (Å²) in [7, 11) is 0. The van der Waals surface area contributed by atoms with E-state index in [-0.39, 0.29) is 29.5 Å². The zero-order valence-electron chi connectivity index (χ0n) is 31.0. The van der Waals surface area contributed by atoms with Gasteiger partial charge in [-0.15, -0.1) is 0 Å². The molecule has 8 rings (SSSR count). The third kappa shape index (κ3) is 7.18. The van der Waals surface area contributed by atoms with Gasteiger partial charge in [0.15, 0.2) is 11.2 Å². The van der Waals surface area contributed by atoms with Crippen LogP contribution in [0.1, 0.15) is 54.9 Å². The van der Waals surface area contributed by atoms with Gasteiger partial charge in [-0.05, 0) is 92.6 Å². The Hall–Kier alpha value is -5.47. The topological polar surface area (TPSA) is 114 Å². The van der Waals surface area contributed by atoms with Crippen molar-refractivity contribution in [2.24, 2.45) is 0 Å². The van der Waals surface area contributed by atoms with Crippen LogP contribution < -0.4 is 9.47 Å². The number of carboxylic acid groups (broad SMARTS) is 1. The summed E-state index contributed by atoms with van der Waals surface area (Å²) in [5.74, 6) is -0.372. The van der Waals surface area contributed by atoms with Gasteiger partial charge in [-0.3, -0.25) is 14.6 Å². The van der Waals surface area contributed by atoms with Crippen LogP contribution in [0, 0.1) is 13.8 Å². The molecular formula is C42H40F4N4O6. The normalized spacial score (nSPS) is 17.7. The number of carboxylic acids is 1. The number of halogens is 4. The number of alkyl halides is 4. The van der Waals surface area contributed by atoms with Crippen LogP contribution in [0.4, 0.5) is 17.6 Å². The molecule has 10 nitrogen and oxygen atoms in total. The van der Waals surface area contributed by atoms with E-state index in [1.54, 1.807) is 17.0 Å². The van der Waals surface area contributed by atoms with E-state index in [1.807, 2.05) is 50.2 Å². The number of hydrogen-bond donors (Lipinski definition) is 1. The highest BCUT2D eigenvalue weighted by Crippen LogP contribution is 2.40. The van der Waals surface area contributed by atoms with Crippen LogP contribution in [-0.2, 0) is 17.9 Å². The predicted molar refractivity (Wildman–Crippen MR) is 201 cm³/mol. The van der Waals surface area contributed by atoms with Crippen LogP contribution in [0.15, 0.2) is 69.5 Å². The lowest BCUT2D eigenvalue weighted by atomic mass is 9.91. The van der Waals surface area contributed by atoms with E-state index in [0.29, 0.717) is 71.2 Å². The van der Waals surface area contributed by atoms with Gasteiger partial charge in [0.05, 0.1) is 0 Å². The highest BCUT2D eigenvalue weighted by atomic mass is 19.3. The van der Waals surface area contributed by atoms with Crippen molar-refractivity contribution in [1.82, 2.24) is 19.8 Å². The van der Waals surface area contributed by atoms with Crippen molar-refractivity contribution in [3.8, 4) is 45.5 Å². The molecule has 2 aliphatic heterocycles. The number of aliphatic carboxylic acids is 1. The number of benzene rings is 4. The summed E-state index contributed by atoms with van der Waals surface area (Å²) in [5, 5.41) is 9.66. The molecule has 14 heteroatoms. The second kappa shape index (κ2) is 15.2. The molecular weight excluding hydrogens is 732 g/mol. The molecule has 292 valence electrons. The molecule has 56 heavy (non-hydrogen) atoms. The van der Waals surface area contributed by atoms with Gasteiger partial charge >= 0.3 is 19.2 Å². The molecule has 4 aromatic carbocycles. The number of oxazole rings is 2. The van der Waals surface area contributed by atoms with E-state index >= 15 is 0 Å². The Labute approximate surface area is 319 Å². The highest BCUT2D eigenvalue weighted by molar-refractivity contribution is 5.85. The minimum atomic E-state index is -3.09. The van der Waals surface area contributed by atoms with Crippen LogP contribution in [0.5, 0.6) is 11.5 Å². The molecule has 2 saturated heterocycles. The lowest BCUT2D eigenvalue weighted by Gasteiger charge is -2.40. The molecule has 0 radical (unpaired) electrons. The van der Waals surface area contributed by atoms with Gasteiger partial charge in [-0.2, -0.15) is 17.6 Å². The largest absolute Gasteiger partial charge is 0.480 e. The van der Waals surface area contributed by atoms with Crippen LogP contribution in [0.2, 0.25) is 0 Å². The fourth-order valence-corrected chi connectivity index (χ4v) is 8.10. The molecule has 1 N–H and O–H groups in total. The minimum Gasteiger partial charge on any atom is -0.480 e. The number of rotatable bonds is 13. The maximum absolute atomic E-state index is 13.5. The lowest BCUT2D eigenvalue weighted by Crippen LogP contribution is -2.46. The zero-order chi connectivity index (χ0) is 39.2. The molecule has 4 heterocycles. The molecule has 2 aliphatic rings. The first-order valence-corrected chi connectivity index (χ1v) is 18.6. The Morgan fingerprint density at radius 1 is 0.768 bits per heavy atom. The lowest BCUT2D eigenvalue weighted by molar-refractivity contribution is -0.142. The second-order valence-corrected chi connectivity index (χ2v) is 14.4. The van der Waals surface area contributed by atoms with Crippen molar-refractivity contribution in [2.45, 2.75) is 84.9 Å². The summed E-state index contributed by atoms with van der Waals surface area (Å²) in [6.07, 6.45) is 3.21. The Kier molecular flexibility index (Phi) is 10.2. The molecule has 2 atom stereocenters. The first kappa shape index (κ1) is 37.5. The molecule has 0 saturated carbocycles. The van der Waals surface area contributed by atoms with E-state index in [2.05, 4.69) is 11.8 Å². The number of carbonyl (C=O) groups is 1. The smallest absolute Gasteiger partial charge is 0.387 e. The van der Waals surface area contributed by atoms with Crippen molar-refractivity contribution >= 4 is 28.2 Å². The fraction of sp³-hybridized carbons (Fsp3) is 0.357. The Bertz CT molecular complexity index is 2430. The molecule has 2 fully saturated rings. The van der Waals surface area contributed by atoms with E-state index in [4.69, 9.17) is 28.3 Å². The summed E-state index contributed by atoms with van der Waals surface area (Å²) in [6, 6.07) is 17.4. The van der Waals surface area contributed by atoms with E-state index in [0.717, 1.165) is 47.2 Å². The van der Waals surface area contributed by atoms with Gasteiger partial charge in [0, 0.05) is 60.1 Å². The summed E-state index contributed by atoms with van der Waals surface area (Å²) in [6.45, 7) is 1.92. The third-order valence-corrected chi connectivity index (χ3v) is 11.1. The fourth-order valence-electron chi connectivity index (χ4n) is 8.10. The van der Waals surface area contributed by atoms with Gasteiger partial charge in [0.1, 0.15) is 28.6 Å². The van der Waals surface area contributed by atoms with E-state index < -0.39 is 25.2 Å². The summed E-state index contributed by atoms with van der Waals surface area (Å²) in [4.78, 5) is 25.3. The maximum Gasteiger partial charge on any atom is 0.387 e. The second-order valence-electron chi connectivity index (χ2n) is 14.4. The Morgan fingerprint density at radius 3 is 1.71 bits per heavy atom. The summed E-state index contributed by atoms with van der Waals surface area (Å²) >= 11 is 0. The molecule has 0 unspecified atom stereocenters. The zero-order valence-corrected chi connectivity index (χ0v) is 31.0. The van der Waals surface area contributed by atoms with E-state index in [1.165, 1.54) is 12.1 Å². The Balaban J connectivity index is 1.12. The molecule has 2 aromatic heterocycles. The number of fused-ring (bicyclic) bond motifs is 2. The number of likely N-dealkylation sites (tertiary alicyclic amines) is 2. The number of hydrogen-bond acceptors (Lipinski definition) is 9. The quantitative estimate of drug-likeness (QED) is 0.114. The molecule has 0 bridgehead atoms. The molecule has 0 spiro atoms. The third-order valence-electron chi connectivity index (χ3n) is 11.1. The van der Waals surface area contributed by atoms with Crippen molar-refractivity contribution in [2.75, 3.05) is 13.1 Å². The molecule has 0 aliphatic carbocycles. The number of aromatic nitrogens is 2. The molecule has 6 aromatic rings. The highest BCUT2D eigenvalue weighted by Gasteiger charge is 2.32. The van der Waals surface area contributed by atoms with Crippen LogP contribution in [-0.4, -0.2) is 69.2 Å². The first-order chi connectivity index (χ1) is 27.0. The SMILES string of the molecule is CC[C@@H]1CCN1Cc1cc2nc(-c3cccc(-c4cccc(-c5nc6cc(CN7CCC[C@H]7C(=O)O)c(OC(F)F)cc6o5)c4C)c3C)oc2cc1OC(F)F. The van der Waals surface area contributed by atoms with Crippen molar-refractivity contribution < 1.29 is 45.8 Å². The minimum absolute atomic E-state index is 0.0708. The summed E-state index contributed by atoms with van der Waals surface area (Å²) < 4.78 is 76.1.